The molecule has 4 heteroatoms. The van der Waals surface area contributed by atoms with E-state index in [9.17, 15) is 0 Å². The van der Waals surface area contributed by atoms with Gasteiger partial charge in [0.15, 0.2) is 0 Å². The number of hydrogen-bond acceptors (Lipinski definition) is 1. The summed E-state index contributed by atoms with van der Waals surface area (Å²) in [5, 5.41) is 6.03. The van der Waals surface area contributed by atoms with Crippen LogP contribution in [-0.4, -0.2) is 33.6 Å². The number of rotatable bonds is 7. The molecular weight excluding hydrogens is 477 g/mol. The van der Waals surface area contributed by atoms with Crippen LogP contribution < -0.4 is 21.1 Å². The quantitative estimate of drug-likeness (QED) is 0.186. The van der Waals surface area contributed by atoms with Gasteiger partial charge in [-0.3, -0.25) is 0 Å². The summed E-state index contributed by atoms with van der Waals surface area (Å²) in [6.45, 7) is 8.45. The van der Waals surface area contributed by atoms with Crippen molar-refractivity contribution in [3.63, 3.8) is 0 Å². The van der Waals surface area contributed by atoms with Crippen LogP contribution in [0, 0.1) is 0 Å². The molecule has 4 aromatic carbocycles. The standard InChI is InChI=1S/C24H31NPSi.C5H5.Fe/c1-25(2)17-16-20-18-23(27(3,4)5)19-24(20)26(21-12-8-6-9-13-21)22-14-10-7-11-15-22;1-2-4-5-3-1;/h6-15,18-19H,16-17H2,1-5H3;1-5H;/q2*-1;+2. The van der Waals surface area contributed by atoms with Crippen LogP contribution in [-0.2, 0) is 23.5 Å². The first-order valence-corrected chi connectivity index (χ1v) is 16.2. The summed E-state index contributed by atoms with van der Waals surface area (Å²) in [4.78, 5) is 2.29. The largest absolute Gasteiger partial charge is 2.00 e. The molecule has 0 radical (unpaired) electrons. The Balaban J connectivity index is 0.000000568. The molecule has 4 rings (SSSR count). The molecule has 0 aliphatic heterocycles. The van der Waals surface area contributed by atoms with Crippen LogP contribution in [0.15, 0.2) is 103 Å². The Labute approximate surface area is 213 Å². The number of hydrogen-bond donors (Lipinski definition) is 0. The van der Waals surface area contributed by atoms with Crippen LogP contribution in [0.4, 0.5) is 0 Å². The fraction of sp³-hybridized carbons (Fsp3) is 0.241. The van der Waals surface area contributed by atoms with E-state index < -0.39 is 16.0 Å². The molecule has 0 spiro atoms. The molecule has 0 unspecified atom stereocenters. The number of likely N-dealkylation sites (N-methyl/N-ethyl adjacent to an activating group) is 1. The fourth-order valence-corrected chi connectivity index (χ4v) is 7.46. The summed E-state index contributed by atoms with van der Waals surface area (Å²) in [6, 6.07) is 37.2. The van der Waals surface area contributed by atoms with Crippen molar-refractivity contribution in [1.82, 2.24) is 4.90 Å². The first kappa shape index (κ1) is 27.5. The molecule has 0 N–H and O–H groups in total. The van der Waals surface area contributed by atoms with Crippen molar-refractivity contribution in [2.75, 3.05) is 20.6 Å². The normalized spacial score (nSPS) is 11.1. The Bertz CT molecular complexity index is 978. The Morgan fingerprint density at radius 2 is 1.30 bits per heavy atom. The van der Waals surface area contributed by atoms with Crippen molar-refractivity contribution in [1.29, 1.82) is 0 Å². The summed E-state index contributed by atoms with van der Waals surface area (Å²) in [5.74, 6) is 0. The first-order chi connectivity index (χ1) is 15.4. The third kappa shape index (κ3) is 8.21. The van der Waals surface area contributed by atoms with E-state index in [1.165, 1.54) is 10.6 Å². The van der Waals surface area contributed by atoms with Gasteiger partial charge in [0.2, 0.25) is 0 Å². The second-order valence-electron chi connectivity index (χ2n) is 9.43. The average molecular weight is 514 g/mol. The van der Waals surface area contributed by atoms with Gasteiger partial charge in [-0.05, 0) is 39.2 Å². The summed E-state index contributed by atoms with van der Waals surface area (Å²) in [7, 11) is 2.46. The number of benzene rings is 2. The predicted molar refractivity (Wildman–Crippen MR) is 148 cm³/mol. The van der Waals surface area contributed by atoms with Gasteiger partial charge in [0.05, 0.1) is 8.07 Å². The maximum absolute atomic E-state index is 2.54. The van der Waals surface area contributed by atoms with Crippen LogP contribution >= 0.6 is 7.92 Å². The zero-order valence-electron chi connectivity index (χ0n) is 20.5. The van der Waals surface area contributed by atoms with E-state index in [2.05, 4.69) is 111 Å². The van der Waals surface area contributed by atoms with Crippen LogP contribution in [0.2, 0.25) is 19.6 Å². The molecule has 0 amide bonds. The molecule has 0 aliphatic rings. The smallest absolute Gasteiger partial charge is 0.310 e. The van der Waals surface area contributed by atoms with Gasteiger partial charge in [-0.2, -0.15) is 35.0 Å². The van der Waals surface area contributed by atoms with E-state index in [-0.39, 0.29) is 17.1 Å². The monoisotopic (exact) mass is 513 g/mol. The Kier molecular flexibility index (Phi) is 11.0. The number of nitrogens with zero attached hydrogens (tertiary/aromatic N) is 1. The van der Waals surface area contributed by atoms with Crippen molar-refractivity contribution in [3.8, 4) is 0 Å². The van der Waals surface area contributed by atoms with Gasteiger partial charge in [-0.25, -0.2) is 18.2 Å². The van der Waals surface area contributed by atoms with E-state index in [0.717, 1.165) is 13.0 Å². The molecule has 0 aliphatic carbocycles. The molecule has 0 atom stereocenters. The topological polar surface area (TPSA) is 3.24 Å². The Hall–Kier alpha value is -1.73. The molecule has 0 aromatic heterocycles. The molecule has 174 valence electrons. The van der Waals surface area contributed by atoms with Crippen LogP contribution in [0.5, 0.6) is 0 Å². The van der Waals surface area contributed by atoms with Crippen molar-refractivity contribution in [2.45, 2.75) is 26.1 Å². The van der Waals surface area contributed by atoms with E-state index >= 15 is 0 Å². The second-order valence-corrected chi connectivity index (χ2v) is 16.7. The fourth-order valence-electron chi connectivity index (χ4n) is 3.63. The van der Waals surface area contributed by atoms with E-state index in [1.807, 2.05) is 30.3 Å². The second kappa shape index (κ2) is 13.2. The minimum absolute atomic E-state index is 0. The molecule has 0 saturated carbocycles. The van der Waals surface area contributed by atoms with E-state index in [1.54, 1.807) is 16.1 Å². The van der Waals surface area contributed by atoms with Gasteiger partial charge < -0.3 is 4.90 Å². The van der Waals surface area contributed by atoms with Crippen molar-refractivity contribution >= 4 is 37.1 Å². The minimum Gasteiger partial charge on any atom is -0.310 e. The van der Waals surface area contributed by atoms with Gasteiger partial charge in [-0.1, -0.05) is 86.7 Å². The Morgan fingerprint density at radius 3 is 1.70 bits per heavy atom. The molecule has 4 aromatic rings. The SMILES string of the molecule is CN(C)CCc1cc([Si](C)(C)C)[cH-]c1P(c1ccccc1)c1ccccc1.[Fe+2].c1cc[cH-]c1. The third-order valence-electron chi connectivity index (χ3n) is 5.47. The summed E-state index contributed by atoms with van der Waals surface area (Å²) >= 11 is 0. The molecule has 0 heterocycles. The van der Waals surface area contributed by atoms with E-state index in [4.69, 9.17) is 0 Å². The first-order valence-electron chi connectivity index (χ1n) is 11.4. The van der Waals surface area contributed by atoms with Crippen molar-refractivity contribution in [3.05, 3.63) is 109 Å². The maximum atomic E-state index is 2.54. The summed E-state index contributed by atoms with van der Waals surface area (Å²) in [5.41, 5.74) is 1.54. The summed E-state index contributed by atoms with van der Waals surface area (Å²) < 4.78 is 0. The average Bonchev–Trinajstić information content (AvgIpc) is 3.48. The van der Waals surface area contributed by atoms with Gasteiger partial charge in [0.25, 0.3) is 0 Å². The Morgan fingerprint density at radius 1 is 0.788 bits per heavy atom. The molecule has 0 fully saturated rings. The van der Waals surface area contributed by atoms with Crippen LogP contribution in [0.1, 0.15) is 5.56 Å². The van der Waals surface area contributed by atoms with Gasteiger partial charge >= 0.3 is 17.1 Å². The minimum atomic E-state index is -1.35. The van der Waals surface area contributed by atoms with Crippen molar-refractivity contribution < 1.29 is 17.1 Å². The predicted octanol–water partition coefficient (Wildman–Crippen LogP) is 5.22. The molecule has 0 bridgehead atoms. The van der Waals surface area contributed by atoms with Gasteiger partial charge in [0.1, 0.15) is 0 Å². The summed E-state index contributed by atoms with van der Waals surface area (Å²) in [6.07, 6.45) is 1.12. The molecule has 33 heavy (non-hydrogen) atoms. The van der Waals surface area contributed by atoms with Gasteiger partial charge in [0, 0.05) is 0 Å². The van der Waals surface area contributed by atoms with Crippen LogP contribution in [0.25, 0.3) is 0 Å². The molecule has 0 saturated heterocycles. The molecular formula is C29H36FeNPSi. The van der Waals surface area contributed by atoms with Crippen molar-refractivity contribution in [2.24, 2.45) is 0 Å². The maximum Gasteiger partial charge on any atom is 2.00 e. The third-order valence-corrected chi connectivity index (χ3v) is 10.0. The molecule has 1 nitrogen and oxygen atoms in total. The van der Waals surface area contributed by atoms with Gasteiger partial charge in [-0.15, -0.1) is 5.30 Å². The van der Waals surface area contributed by atoms with Crippen LogP contribution in [0.3, 0.4) is 0 Å². The zero-order chi connectivity index (χ0) is 23.0. The zero-order valence-corrected chi connectivity index (χ0v) is 23.5. The van der Waals surface area contributed by atoms with E-state index in [0.29, 0.717) is 0 Å².